The molecule has 1 aromatic carbocycles. The summed E-state index contributed by atoms with van der Waals surface area (Å²) in [5.74, 6) is -0.187. The minimum Gasteiger partial charge on any atom is -0.376 e. The Morgan fingerprint density at radius 2 is 1.74 bits per heavy atom. The largest absolute Gasteiger partial charge is 0.421 e. The lowest BCUT2D eigenvalue weighted by atomic mass is 9.86. The molecular weight excluding hydrogens is 257 g/mol. The molecule has 0 aromatic heterocycles. The molecule has 2 rings (SSSR count). The molecule has 0 fully saturated rings. The maximum Gasteiger partial charge on any atom is 0.421 e. The van der Waals surface area contributed by atoms with Crippen molar-refractivity contribution in [2.75, 3.05) is 0 Å². The molecule has 1 aliphatic rings. The van der Waals surface area contributed by atoms with Crippen molar-refractivity contribution in [1.29, 1.82) is 0 Å². The molecule has 1 aliphatic carbocycles. The zero-order valence-corrected chi connectivity index (χ0v) is 10.1. The van der Waals surface area contributed by atoms with Gasteiger partial charge in [-0.25, -0.2) is 0 Å². The number of alkyl halides is 3. The molecule has 0 aliphatic heterocycles. The van der Waals surface area contributed by atoms with E-state index in [0.29, 0.717) is 5.57 Å². The summed E-state index contributed by atoms with van der Waals surface area (Å²) in [4.78, 5) is 11.1. The van der Waals surface area contributed by atoms with Crippen LogP contribution in [-0.4, -0.2) is 17.1 Å². The predicted molar refractivity (Wildman–Crippen MR) is 63.3 cm³/mol. The van der Waals surface area contributed by atoms with Crippen LogP contribution >= 0.6 is 0 Å². The van der Waals surface area contributed by atoms with Crippen molar-refractivity contribution in [1.82, 2.24) is 0 Å². The average molecular weight is 270 g/mol. The first-order valence-corrected chi connectivity index (χ1v) is 5.90. The number of aliphatic hydroxyl groups is 1. The van der Waals surface area contributed by atoms with Crippen LogP contribution in [0.3, 0.4) is 0 Å². The predicted octanol–water partition coefficient (Wildman–Crippen LogP) is 3.12. The number of rotatable bonds is 3. The molecule has 1 N–H and O–H groups in total. The smallest absolute Gasteiger partial charge is 0.376 e. The molecule has 0 saturated carbocycles. The van der Waals surface area contributed by atoms with Crippen molar-refractivity contribution in [2.24, 2.45) is 0 Å². The Bertz CT molecular complexity index is 505. The van der Waals surface area contributed by atoms with E-state index in [-0.39, 0.29) is 24.2 Å². The fraction of sp³-hybridized carbons (Fsp3) is 0.357. The Balaban J connectivity index is 2.36. The number of ketones is 1. The second-order valence-corrected chi connectivity index (χ2v) is 4.67. The van der Waals surface area contributed by atoms with Crippen LogP contribution in [-0.2, 0) is 10.4 Å². The van der Waals surface area contributed by atoms with Gasteiger partial charge in [0.25, 0.3) is 0 Å². The van der Waals surface area contributed by atoms with Gasteiger partial charge in [-0.05, 0) is 18.1 Å². The number of halogens is 3. The molecule has 0 bridgehead atoms. The van der Waals surface area contributed by atoms with Crippen LogP contribution in [0.2, 0.25) is 0 Å². The van der Waals surface area contributed by atoms with E-state index < -0.39 is 18.2 Å². The number of allylic oxidation sites excluding steroid dienone is 1. The Morgan fingerprint density at radius 3 is 2.21 bits per heavy atom. The third-order valence-electron chi connectivity index (χ3n) is 3.26. The van der Waals surface area contributed by atoms with Gasteiger partial charge < -0.3 is 5.11 Å². The highest BCUT2D eigenvalue weighted by Crippen LogP contribution is 2.44. The Labute approximate surface area is 108 Å². The lowest BCUT2D eigenvalue weighted by Crippen LogP contribution is -2.42. The van der Waals surface area contributed by atoms with Crippen molar-refractivity contribution >= 4 is 5.78 Å². The maximum absolute atomic E-state index is 13.2. The van der Waals surface area contributed by atoms with E-state index in [0.717, 1.165) is 0 Å². The van der Waals surface area contributed by atoms with E-state index in [1.54, 1.807) is 6.07 Å². The van der Waals surface area contributed by atoms with E-state index in [1.165, 1.54) is 30.3 Å². The zero-order chi connectivity index (χ0) is 14.1. The van der Waals surface area contributed by atoms with Crippen LogP contribution in [0, 0.1) is 0 Å². The van der Waals surface area contributed by atoms with E-state index >= 15 is 0 Å². The summed E-state index contributed by atoms with van der Waals surface area (Å²) in [5, 5.41) is 10.1. The molecule has 0 spiro atoms. The number of benzene rings is 1. The summed E-state index contributed by atoms with van der Waals surface area (Å²) < 4.78 is 39.5. The summed E-state index contributed by atoms with van der Waals surface area (Å²) in [6.45, 7) is 0. The number of carbonyl (C=O) groups excluding carboxylic acids is 1. The van der Waals surface area contributed by atoms with E-state index in [4.69, 9.17) is 0 Å². The first-order valence-electron chi connectivity index (χ1n) is 5.90. The average Bonchev–Trinajstić information content (AvgIpc) is 2.74. The van der Waals surface area contributed by atoms with E-state index in [1.807, 2.05) is 0 Å². The number of hydrogen-bond donors (Lipinski definition) is 1. The third kappa shape index (κ3) is 2.71. The van der Waals surface area contributed by atoms with Crippen LogP contribution in [0.1, 0.15) is 24.8 Å². The Kier molecular flexibility index (Phi) is 3.49. The monoisotopic (exact) mass is 270 g/mol. The lowest BCUT2D eigenvalue weighted by molar-refractivity contribution is -0.266. The molecule has 5 heteroatoms. The summed E-state index contributed by atoms with van der Waals surface area (Å²) in [5.41, 5.74) is -2.80. The standard InChI is InChI=1S/C14H13F3O2/c15-14(16,17)13(19,11-4-2-1-3-5-11)9-10-6-7-12(18)8-10/h1-5,8,19H,6-7,9H2/t13-/m0/s1. The van der Waals surface area contributed by atoms with Gasteiger partial charge in [0.2, 0.25) is 0 Å². The van der Waals surface area contributed by atoms with Gasteiger partial charge >= 0.3 is 6.18 Å². The van der Waals surface area contributed by atoms with Gasteiger partial charge in [0.05, 0.1) is 0 Å². The highest BCUT2D eigenvalue weighted by atomic mass is 19.4. The molecule has 0 saturated heterocycles. The Hall–Kier alpha value is -1.62. The molecule has 0 unspecified atom stereocenters. The van der Waals surface area contributed by atoms with Crippen LogP contribution in [0.5, 0.6) is 0 Å². The summed E-state index contributed by atoms with van der Waals surface area (Å²) in [6, 6.07) is 6.95. The van der Waals surface area contributed by atoms with Gasteiger partial charge in [0, 0.05) is 12.8 Å². The van der Waals surface area contributed by atoms with Gasteiger partial charge in [-0.2, -0.15) is 13.2 Å². The third-order valence-corrected chi connectivity index (χ3v) is 3.26. The van der Waals surface area contributed by atoms with Crippen LogP contribution in [0.15, 0.2) is 42.0 Å². The van der Waals surface area contributed by atoms with E-state index in [2.05, 4.69) is 0 Å². The molecule has 1 atom stereocenters. The Morgan fingerprint density at radius 1 is 1.11 bits per heavy atom. The normalized spacial score (nSPS) is 19.2. The molecule has 0 heterocycles. The highest BCUT2D eigenvalue weighted by molar-refractivity contribution is 5.92. The minimum atomic E-state index is -4.79. The number of carbonyl (C=O) groups is 1. The molecular formula is C14H13F3O2. The highest BCUT2D eigenvalue weighted by Gasteiger charge is 2.55. The molecule has 102 valence electrons. The molecule has 0 radical (unpaired) electrons. The summed E-state index contributed by atoms with van der Waals surface area (Å²) in [7, 11) is 0. The maximum atomic E-state index is 13.2. The van der Waals surface area contributed by atoms with Gasteiger partial charge in [-0.1, -0.05) is 35.9 Å². The van der Waals surface area contributed by atoms with Gasteiger partial charge in [0.15, 0.2) is 11.4 Å². The van der Waals surface area contributed by atoms with Gasteiger partial charge in [-0.15, -0.1) is 0 Å². The van der Waals surface area contributed by atoms with Crippen molar-refractivity contribution < 1.29 is 23.1 Å². The fourth-order valence-corrected chi connectivity index (χ4v) is 2.20. The SMILES string of the molecule is O=C1C=C(C[C@](O)(c2ccccc2)C(F)(F)F)CC1. The number of hydrogen-bond acceptors (Lipinski definition) is 2. The van der Waals surface area contributed by atoms with Crippen LogP contribution in [0.25, 0.3) is 0 Å². The molecule has 2 nitrogen and oxygen atoms in total. The zero-order valence-electron chi connectivity index (χ0n) is 10.1. The quantitative estimate of drug-likeness (QED) is 0.916. The van der Waals surface area contributed by atoms with Gasteiger partial charge in [-0.3, -0.25) is 4.79 Å². The van der Waals surface area contributed by atoms with Crippen molar-refractivity contribution in [3.05, 3.63) is 47.5 Å². The minimum absolute atomic E-state index is 0.187. The van der Waals surface area contributed by atoms with Crippen LogP contribution < -0.4 is 0 Å². The first-order chi connectivity index (χ1) is 8.83. The topological polar surface area (TPSA) is 37.3 Å². The van der Waals surface area contributed by atoms with Gasteiger partial charge in [0.1, 0.15) is 0 Å². The first kappa shape index (κ1) is 13.8. The summed E-state index contributed by atoms with van der Waals surface area (Å²) in [6.07, 6.45) is -3.67. The van der Waals surface area contributed by atoms with E-state index in [9.17, 15) is 23.1 Å². The van der Waals surface area contributed by atoms with Crippen molar-refractivity contribution in [3.63, 3.8) is 0 Å². The fourth-order valence-electron chi connectivity index (χ4n) is 2.20. The lowest BCUT2D eigenvalue weighted by Gasteiger charge is -2.31. The van der Waals surface area contributed by atoms with Crippen molar-refractivity contribution in [3.8, 4) is 0 Å². The molecule has 1 aromatic rings. The van der Waals surface area contributed by atoms with Crippen LogP contribution in [0.4, 0.5) is 13.2 Å². The summed E-state index contributed by atoms with van der Waals surface area (Å²) >= 11 is 0. The second kappa shape index (κ2) is 4.81. The second-order valence-electron chi connectivity index (χ2n) is 4.67. The molecule has 19 heavy (non-hydrogen) atoms. The van der Waals surface area contributed by atoms with Crippen molar-refractivity contribution in [2.45, 2.75) is 31.0 Å². The molecule has 0 amide bonds.